The highest BCUT2D eigenvalue weighted by Gasteiger charge is 2.37. The van der Waals surface area contributed by atoms with Gasteiger partial charge >= 0.3 is 0 Å². The molecule has 4 heteroatoms. The topological polar surface area (TPSA) is 35.6 Å². The maximum Gasteiger partial charge on any atom is 0.235 e. The van der Waals surface area contributed by atoms with E-state index in [4.69, 9.17) is 9.97 Å². The molecule has 0 atom stereocenters. The van der Waals surface area contributed by atoms with Crippen LogP contribution in [0.25, 0.3) is 110 Å². The smallest absolute Gasteiger partial charge is 0.235 e. The minimum atomic E-state index is -0.129. The average Bonchev–Trinajstić information content (AvgIpc) is 3.89. The molecule has 276 valence electrons. The number of benzene rings is 9. The number of aromatic nitrogens is 4. The molecule has 0 N–H and O–H groups in total. The lowest BCUT2D eigenvalue weighted by Crippen LogP contribution is -2.14. The Hall–Kier alpha value is -7.56. The Labute approximate surface area is 340 Å². The SMILES string of the molecule is CC1(C)c2ccccc2-c2c(-c3nc(-n4c5cc(-n6c7ccccc7c7ccc8ccccc8c76)ccc5c5c6ccccc6ccc54)nc4ccccc34)cccc21. The minimum Gasteiger partial charge on any atom is -0.309 e. The van der Waals surface area contributed by atoms with Crippen LogP contribution < -0.4 is 0 Å². The summed E-state index contributed by atoms with van der Waals surface area (Å²) < 4.78 is 4.76. The summed E-state index contributed by atoms with van der Waals surface area (Å²) in [4.78, 5) is 11.1. The van der Waals surface area contributed by atoms with E-state index in [1.165, 1.54) is 76.4 Å². The Bertz CT molecular complexity index is 3770. The van der Waals surface area contributed by atoms with E-state index >= 15 is 0 Å². The lowest BCUT2D eigenvalue weighted by molar-refractivity contribution is 0.660. The van der Waals surface area contributed by atoms with Gasteiger partial charge in [0.15, 0.2) is 0 Å². The molecule has 0 radical (unpaired) electrons. The van der Waals surface area contributed by atoms with Crippen molar-refractivity contribution in [3.05, 3.63) is 193 Å². The van der Waals surface area contributed by atoms with Crippen molar-refractivity contribution < 1.29 is 0 Å². The average molecular weight is 753 g/mol. The second kappa shape index (κ2) is 11.7. The minimum absolute atomic E-state index is 0.129. The van der Waals surface area contributed by atoms with Crippen molar-refractivity contribution in [2.75, 3.05) is 0 Å². The first-order valence-corrected chi connectivity index (χ1v) is 20.4. The molecule has 0 saturated heterocycles. The van der Waals surface area contributed by atoms with Gasteiger partial charge in [0.05, 0.1) is 33.3 Å². The van der Waals surface area contributed by atoms with Crippen LogP contribution in [0.5, 0.6) is 0 Å². The highest BCUT2D eigenvalue weighted by molar-refractivity contribution is 6.22. The molecule has 13 rings (SSSR count). The molecule has 1 aliphatic rings. The second-order valence-electron chi connectivity index (χ2n) is 16.5. The van der Waals surface area contributed by atoms with Gasteiger partial charge in [-0.2, -0.15) is 0 Å². The second-order valence-corrected chi connectivity index (χ2v) is 16.5. The maximum absolute atomic E-state index is 5.67. The lowest BCUT2D eigenvalue weighted by atomic mass is 9.82. The first-order chi connectivity index (χ1) is 29.0. The van der Waals surface area contributed by atoms with Crippen molar-refractivity contribution in [1.82, 2.24) is 19.1 Å². The van der Waals surface area contributed by atoms with Crippen molar-refractivity contribution in [1.29, 1.82) is 0 Å². The lowest BCUT2D eigenvalue weighted by Gasteiger charge is -2.21. The van der Waals surface area contributed by atoms with Gasteiger partial charge in [-0.25, -0.2) is 9.97 Å². The zero-order valence-corrected chi connectivity index (χ0v) is 32.6. The first-order valence-electron chi connectivity index (χ1n) is 20.4. The van der Waals surface area contributed by atoms with Gasteiger partial charge in [-0.1, -0.05) is 166 Å². The van der Waals surface area contributed by atoms with E-state index in [9.17, 15) is 0 Å². The summed E-state index contributed by atoms with van der Waals surface area (Å²) in [6.07, 6.45) is 0. The number of rotatable bonds is 3. The summed E-state index contributed by atoms with van der Waals surface area (Å²) in [5.74, 6) is 0.655. The van der Waals surface area contributed by atoms with Gasteiger partial charge in [0.25, 0.3) is 0 Å². The molecule has 1 aliphatic carbocycles. The predicted octanol–water partition coefficient (Wildman–Crippen LogP) is 14.1. The standard InChI is InChI=1S/C55H36N4/c1-55(2)44-22-10-7-19-40(44)50-43(21-13-23-45(50)55)52-41-20-8-11-24-46(41)56-54(57-52)59-48-31-27-33-14-3-5-16-36(33)51(48)42-30-28-35(32-49(42)59)58-47-25-12-9-18-38(47)39-29-26-34-15-4-6-17-37(34)53(39)58/h3-32H,1-2H3. The van der Waals surface area contributed by atoms with Gasteiger partial charge < -0.3 is 4.57 Å². The van der Waals surface area contributed by atoms with Crippen molar-refractivity contribution in [3.63, 3.8) is 0 Å². The Kier molecular flexibility index (Phi) is 6.48. The third kappa shape index (κ3) is 4.38. The highest BCUT2D eigenvalue weighted by atomic mass is 15.2. The van der Waals surface area contributed by atoms with Crippen LogP contribution in [0.2, 0.25) is 0 Å². The molecule has 59 heavy (non-hydrogen) atoms. The van der Waals surface area contributed by atoms with Gasteiger partial charge in [-0.05, 0) is 68.7 Å². The van der Waals surface area contributed by atoms with Gasteiger partial charge in [0.1, 0.15) is 0 Å². The van der Waals surface area contributed by atoms with Gasteiger partial charge in [-0.15, -0.1) is 0 Å². The fourth-order valence-corrected chi connectivity index (χ4v) is 10.5. The van der Waals surface area contributed by atoms with E-state index in [-0.39, 0.29) is 5.41 Å². The third-order valence-electron chi connectivity index (χ3n) is 13.1. The molecule has 12 aromatic rings. The summed E-state index contributed by atoms with van der Waals surface area (Å²) in [5.41, 5.74) is 13.7. The van der Waals surface area contributed by atoms with Crippen molar-refractivity contribution in [2.24, 2.45) is 0 Å². The molecule has 0 bridgehead atoms. The van der Waals surface area contributed by atoms with Crippen molar-refractivity contribution >= 4 is 76.1 Å². The molecule has 0 unspecified atom stereocenters. The summed E-state index contributed by atoms with van der Waals surface area (Å²) in [6.45, 7) is 4.68. The zero-order valence-electron chi connectivity index (χ0n) is 32.6. The molecule has 0 spiro atoms. The highest BCUT2D eigenvalue weighted by Crippen LogP contribution is 2.52. The predicted molar refractivity (Wildman–Crippen MR) is 246 cm³/mol. The Morgan fingerprint density at radius 2 is 1.08 bits per heavy atom. The zero-order chi connectivity index (χ0) is 39.0. The van der Waals surface area contributed by atoms with Crippen LogP contribution in [-0.2, 0) is 5.41 Å². The van der Waals surface area contributed by atoms with Crippen LogP contribution in [0.1, 0.15) is 25.0 Å². The van der Waals surface area contributed by atoms with E-state index < -0.39 is 0 Å². The molecule has 0 fully saturated rings. The summed E-state index contributed by atoms with van der Waals surface area (Å²) in [7, 11) is 0. The monoisotopic (exact) mass is 752 g/mol. The van der Waals surface area contributed by atoms with Crippen LogP contribution in [0, 0.1) is 0 Å². The van der Waals surface area contributed by atoms with E-state index in [1.807, 2.05) is 0 Å². The van der Waals surface area contributed by atoms with Crippen LogP contribution in [0.3, 0.4) is 0 Å². The molecule has 0 aliphatic heterocycles. The van der Waals surface area contributed by atoms with E-state index in [0.29, 0.717) is 5.95 Å². The van der Waals surface area contributed by atoms with Crippen LogP contribution in [0.4, 0.5) is 0 Å². The third-order valence-corrected chi connectivity index (χ3v) is 13.1. The van der Waals surface area contributed by atoms with Gasteiger partial charge in [0.2, 0.25) is 5.95 Å². The Morgan fingerprint density at radius 3 is 1.97 bits per heavy atom. The van der Waals surface area contributed by atoms with E-state index in [2.05, 4.69) is 205 Å². The first kappa shape index (κ1) is 32.5. The summed E-state index contributed by atoms with van der Waals surface area (Å²) in [5, 5.41) is 10.8. The normalized spacial score (nSPS) is 13.4. The van der Waals surface area contributed by atoms with E-state index in [0.717, 1.165) is 38.9 Å². The number of fused-ring (bicyclic) bond motifs is 14. The molecular weight excluding hydrogens is 717 g/mol. The fourth-order valence-electron chi connectivity index (χ4n) is 10.5. The molecule has 3 aromatic heterocycles. The Morgan fingerprint density at radius 1 is 0.424 bits per heavy atom. The maximum atomic E-state index is 5.67. The number of para-hydroxylation sites is 2. The molecule has 4 nitrogen and oxygen atoms in total. The van der Waals surface area contributed by atoms with Crippen LogP contribution >= 0.6 is 0 Å². The van der Waals surface area contributed by atoms with Gasteiger partial charge in [0, 0.05) is 49.0 Å². The van der Waals surface area contributed by atoms with Gasteiger partial charge in [-0.3, -0.25) is 4.57 Å². The molecule has 0 saturated carbocycles. The number of nitrogens with zero attached hydrogens (tertiary/aromatic N) is 4. The Balaban J connectivity index is 1.15. The van der Waals surface area contributed by atoms with Crippen LogP contribution in [-0.4, -0.2) is 19.1 Å². The summed E-state index contributed by atoms with van der Waals surface area (Å²) >= 11 is 0. The van der Waals surface area contributed by atoms with E-state index in [1.54, 1.807) is 0 Å². The molecule has 9 aromatic carbocycles. The summed E-state index contributed by atoms with van der Waals surface area (Å²) in [6, 6.07) is 66.3. The fraction of sp³-hybridized carbons (Fsp3) is 0.0545. The molecular formula is C55H36N4. The molecule has 0 amide bonds. The quantitative estimate of drug-likeness (QED) is 0.180. The van der Waals surface area contributed by atoms with Crippen molar-refractivity contribution in [3.8, 4) is 34.0 Å². The van der Waals surface area contributed by atoms with Crippen LogP contribution in [0.15, 0.2) is 182 Å². The number of hydrogen-bond donors (Lipinski definition) is 0. The largest absolute Gasteiger partial charge is 0.309 e. The number of hydrogen-bond acceptors (Lipinski definition) is 2. The molecule has 3 heterocycles. The van der Waals surface area contributed by atoms with Crippen molar-refractivity contribution in [2.45, 2.75) is 19.3 Å².